The number of benzene rings is 2. The van der Waals surface area contributed by atoms with Crippen LogP contribution in [0.3, 0.4) is 0 Å². The Balaban J connectivity index is 1.34. The van der Waals surface area contributed by atoms with Crippen LogP contribution >= 0.6 is 0 Å². The fraction of sp³-hybridized carbons (Fsp3) is 0.238. The molecule has 3 heterocycles. The van der Waals surface area contributed by atoms with Crippen LogP contribution in [0.15, 0.2) is 48.8 Å². The zero-order chi connectivity index (χ0) is 19.8. The van der Waals surface area contributed by atoms with E-state index >= 15 is 0 Å². The van der Waals surface area contributed by atoms with Crippen LogP contribution in [0.1, 0.15) is 18.7 Å². The summed E-state index contributed by atoms with van der Waals surface area (Å²) in [5.74, 6) is 0.982. The molecule has 1 aliphatic rings. The van der Waals surface area contributed by atoms with Crippen molar-refractivity contribution >= 4 is 33.7 Å². The van der Waals surface area contributed by atoms with Crippen LogP contribution in [0.4, 0.5) is 10.2 Å². The number of nitrogens with one attached hydrogen (secondary N) is 2. The highest BCUT2D eigenvalue weighted by molar-refractivity contribution is 5.93. The molecule has 2 N–H and O–H groups in total. The van der Waals surface area contributed by atoms with Gasteiger partial charge >= 0.3 is 0 Å². The SMILES string of the molecule is O=C(NCc1nc2ccc(F)cc2[nH]1)C1CCCN1c1ncnc2ccccc12. The van der Waals surface area contributed by atoms with Crippen molar-refractivity contribution in [3.8, 4) is 0 Å². The molecule has 1 unspecified atom stereocenters. The lowest BCUT2D eigenvalue weighted by molar-refractivity contribution is -0.122. The van der Waals surface area contributed by atoms with Crippen molar-refractivity contribution in [3.63, 3.8) is 0 Å². The molecular weight excluding hydrogens is 371 g/mol. The van der Waals surface area contributed by atoms with Gasteiger partial charge in [-0.05, 0) is 43.2 Å². The summed E-state index contributed by atoms with van der Waals surface area (Å²) in [6.07, 6.45) is 3.22. The summed E-state index contributed by atoms with van der Waals surface area (Å²) in [6.45, 7) is 1.02. The lowest BCUT2D eigenvalue weighted by Crippen LogP contribution is -2.43. The molecule has 7 nitrogen and oxygen atoms in total. The summed E-state index contributed by atoms with van der Waals surface area (Å²) in [5, 5.41) is 3.89. The van der Waals surface area contributed by atoms with E-state index in [1.54, 1.807) is 12.4 Å². The van der Waals surface area contributed by atoms with E-state index in [9.17, 15) is 9.18 Å². The van der Waals surface area contributed by atoms with Gasteiger partial charge in [-0.15, -0.1) is 0 Å². The number of imidazole rings is 1. The average Bonchev–Trinajstić information content (AvgIpc) is 3.38. The first-order valence-corrected chi connectivity index (χ1v) is 9.57. The molecule has 1 aliphatic heterocycles. The standard InChI is InChI=1S/C21H19FN6O/c22-13-7-8-16-17(10-13)27-19(26-16)11-23-21(29)18-6-3-9-28(18)20-14-4-1-2-5-15(14)24-12-25-20/h1-2,4-5,7-8,10,12,18H,3,6,9,11H2,(H,23,29)(H,26,27). The fourth-order valence-electron chi connectivity index (χ4n) is 3.92. The molecule has 1 fully saturated rings. The van der Waals surface area contributed by atoms with Crippen LogP contribution in [-0.4, -0.2) is 38.4 Å². The van der Waals surface area contributed by atoms with Crippen molar-refractivity contribution < 1.29 is 9.18 Å². The molecule has 1 atom stereocenters. The fourth-order valence-corrected chi connectivity index (χ4v) is 3.92. The van der Waals surface area contributed by atoms with Gasteiger partial charge in [0.05, 0.1) is 23.1 Å². The van der Waals surface area contributed by atoms with Gasteiger partial charge in [0.1, 0.15) is 29.8 Å². The van der Waals surface area contributed by atoms with Gasteiger partial charge in [-0.25, -0.2) is 19.3 Å². The van der Waals surface area contributed by atoms with Gasteiger partial charge in [0.2, 0.25) is 5.91 Å². The van der Waals surface area contributed by atoms with Crippen LogP contribution in [0.2, 0.25) is 0 Å². The number of aromatic nitrogens is 4. The molecule has 2 aromatic carbocycles. The quantitative estimate of drug-likeness (QED) is 0.560. The highest BCUT2D eigenvalue weighted by Crippen LogP contribution is 2.29. The number of carbonyl (C=O) groups is 1. The predicted molar refractivity (Wildman–Crippen MR) is 108 cm³/mol. The minimum absolute atomic E-state index is 0.0724. The lowest BCUT2D eigenvalue weighted by atomic mass is 10.2. The van der Waals surface area contributed by atoms with Crippen molar-refractivity contribution in [2.24, 2.45) is 0 Å². The second-order valence-corrected chi connectivity index (χ2v) is 7.13. The Morgan fingerprint density at radius 1 is 1.21 bits per heavy atom. The molecule has 0 bridgehead atoms. The Kier molecular flexibility index (Phi) is 4.31. The summed E-state index contributed by atoms with van der Waals surface area (Å²) < 4.78 is 13.3. The third kappa shape index (κ3) is 3.26. The molecule has 1 amide bonds. The topological polar surface area (TPSA) is 86.8 Å². The molecule has 146 valence electrons. The number of aromatic amines is 1. The predicted octanol–water partition coefficient (Wildman–Crippen LogP) is 2.93. The van der Waals surface area contributed by atoms with E-state index in [1.807, 2.05) is 29.2 Å². The van der Waals surface area contributed by atoms with Crippen molar-refractivity contribution in [3.05, 3.63) is 60.4 Å². The first-order valence-electron chi connectivity index (χ1n) is 9.57. The zero-order valence-electron chi connectivity index (χ0n) is 15.6. The number of rotatable bonds is 4. The molecule has 0 saturated carbocycles. The van der Waals surface area contributed by atoms with Gasteiger partial charge in [0.25, 0.3) is 0 Å². The number of carbonyl (C=O) groups excluding carboxylic acids is 1. The molecule has 0 spiro atoms. The summed E-state index contributed by atoms with van der Waals surface area (Å²) in [4.78, 5) is 31.2. The largest absolute Gasteiger partial charge is 0.347 e. The lowest BCUT2D eigenvalue weighted by Gasteiger charge is -2.25. The summed E-state index contributed by atoms with van der Waals surface area (Å²) in [7, 11) is 0. The van der Waals surface area contributed by atoms with E-state index in [1.165, 1.54) is 12.1 Å². The van der Waals surface area contributed by atoms with E-state index in [0.29, 0.717) is 16.9 Å². The van der Waals surface area contributed by atoms with Crippen LogP contribution in [-0.2, 0) is 11.3 Å². The average molecular weight is 390 g/mol. The van der Waals surface area contributed by atoms with E-state index in [4.69, 9.17) is 0 Å². The molecule has 2 aromatic heterocycles. The van der Waals surface area contributed by atoms with Gasteiger partial charge in [0, 0.05) is 11.9 Å². The molecule has 5 rings (SSSR count). The number of para-hydroxylation sites is 1. The van der Waals surface area contributed by atoms with Gasteiger partial charge in [0.15, 0.2) is 0 Å². The molecule has 0 radical (unpaired) electrons. The number of halogens is 1. The van der Waals surface area contributed by atoms with Crippen LogP contribution in [0, 0.1) is 5.82 Å². The molecular formula is C21H19FN6O. The van der Waals surface area contributed by atoms with Gasteiger partial charge in [-0.3, -0.25) is 4.79 Å². The first kappa shape index (κ1) is 17.5. The molecule has 4 aromatic rings. The number of fused-ring (bicyclic) bond motifs is 2. The number of H-pyrrole nitrogens is 1. The smallest absolute Gasteiger partial charge is 0.243 e. The Morgan fingerprint density at radius 3 is 3.03 bits per heavy atom. The maximum atomic E-state index is 13.3. The maximum absolute atomic E-state index is 13.3. The number of anilines is 1. The Bertz CT molecular complexity index is 1200. The molecule has 8 heteroatoms. The van der Waals surface area contributed by atoms with E-state index in [0.717, 1.165) is 36.1 Å². The molecule has 29 heavy (non-hydrogen) atoms. The second-order valence-electron chi connectivity index (χ2n) is 7.13. The van der Waals surface area contributed by atoms with Crippen molar-refractivity contribution in [1.82, 2.24) is 25.3 Å². The summed E-state index contributed by atoms with van der Waals surface area (Å²) in [5.41, 5.74) is 2.15. The minimum atomic E-state index is -0.324. The summed E-state index contributed by atoms with van der Waals surface area (Å²) in [6, 6.07) is 11.9. The zero-order valence-corrected chi connectivity index (χ0v) is 15.6. The van der Waals surface area contributed by atoms with Crippen molar-refractivity contribution in [1.29, 1.82) is 0 Å². The third-order valence-corrected chi connectivity index (χ3v) is 5.27. The normalized spacial score (nSPS) is 16.6. The maximum Gasteiger partial charge on any atom is 0.243 e. The van der Waals surface area contributed by atoms with Gasteiger partial charge in [-0.2, -0.15) is 0 Å². The number of nitrogens with zero attached hydrogens (tertiary/aromatic N) is 4. The third-order valence-electron chi connectivity index (χ3n) is 5.27. The van der Waals surface area contributed by atoms with Gasteiger partial charge < -0.3 is 15.2 Å². The Labute approximate surface area is 166 Å². The number of amides is 1. The molecule has 1 saturated heterocycles. The van der Waals surface area contributed by atoms with Crippen LogP contribution in [0.25, 0.3) is 21.9 Å². The van der Waals surface area contributed by atoms with Crippen LogP contribution < -0.4 is 10.2 Å². The van der Waals surface area contributed by atoms with Crippen LogP contribution in [0.5, 0.6) is 0 Å². The molecule has 0 aliphatic carbocycles. The van der Waals surface area contributed by atoms with Crippen molar-refractivity contribution in [2.75, 3.05) is 11.4 Å². The Morgan fingerprint density at radius 2 is 2.10 bits per heavy atom. The monoisotopic (exact) mass is 390 g/mol. The van der Waals surface area contributed by atoms with E-state index in [2.05, 4.69) is 25.3 Å². The highest BCUT2D eigenvalue weighted by Gasteiger charge is 2.32. The van der Waals surface area contributed by atoms with Crippen molar-refractivity contribution in [2.45, 2.75) is 25.4 Å². The first-order chi connectivity index (χ1) is 14.2. The minimum Gasteiger partial charge on any atom is -0.347 e. The Hall–Kier alpha value is -3.55. The van der Waals surface area contributed by atoms with E-state index < -0.39 is 0 Å². The second kappa shape index (κ2) is 7.12. The number of hydrogen-bond acceptors (Lipinski definition) is 5. The van der Waals surface area contributed by atoms with Gasteiger partial charge in [-0.1, -0.05) is 12.1 Å². The van der Waals surface area contributed by atoms with E-state index in [-0.39, 0.29) is 24.3 Å². The highest BCUT2D eigenvalue weighted by atomic mass is 19.1. The number of hydrogen-bond donors (Lipinski definition) is 2. The summed E-state index contributed by atoms with van der Waals surface area (Å²) >= 11 is 0.